The highest BCUT2D eigenvalue weighted by molar-refractivity contribution is 9.10. The SMILES string of the molecule is COc1ccc(Br)cc1C1CCCCN1C(=O)OCc1ccccc1. The van der Waals surface area contributed by atoms with Gasteiger partial charge in [0.05, 0.1) is 13.2 Å². The summed E-state index contributed by atoms with van der Waals surface area (Å²) in [5, 5.41) is 0. The number of carbonyl (C=O) groups is 1. The number of methoxy groups -OCH3 is 1. The summed E-state index contributed by atoms with van der Waals surface area (Å²) in [5.74, 6) is 0.802. The van der Waals surface area contributed by atoms with Crippen LogP contribution in [0.3, 0.4) is 0 Å². The van der Waals surface area contributed by atoms with Crippen molar-refractivity contribution >= 4 is 22.0 Å². The average molecular weight is 404 g/mol. The van der Waals surface area contributed by atoms with E-state index in [0.29, 0.717) is 13.2 Å². The van der Waals surface area contributed by atoms with Gasteiger partial charge < -0.3 is 14.4 Å². The van der Waals surface area contributed by atoms with E-state index in [0.717, 1.165) is 40.6 Å². The van der Waals surface area contributed by atoms with Crippen LogP contribution >= 0.6 is 15.9 Å². The Labute approximate surface area is 156 Å². The number of ether oxygens (including phenoxy) is 2. The Bertz CT molecular complexity index is 720. The maximum absolute atomic E-state index is 12.7. The third kappa shape index (κ3) is 4.34. The molecule has 0 bridgehead atoms. The number of nitrogens with zero attached hydrogens (tertiary/aromatic N) is 1. The highest BCUT2D eigenvalue weighted by Gasteiger charge is 2.31. The molecule has 1 aliphatic rings. The molecule has 5 heteroatoms. The lowest BCUT2D eigenvalue weighted by Gasteiger charge is -2.35. The Kier molecular flexibility index (Phi) is 5.97. The van der Waals surface area contributed by atoms with E-state index in [4.69, 9.17) is 9.47 Å². The fourth-order valence-corrected chi connectivity index (χ4v) is 3.62. The lowest BCUT2D eigenvalue weighted by atomic mass is 9.95. The molecular weight excluding hydrogens is 382 g/mol. The van der Waals surface area contributed by atoms with Crippen LogP contribution in [0.5, 0.6) is 5.75 Å². The van der Waals surface area contributed by atoms with E-state index >= 15 is 0 Å². The van der Waals surface area contributed by atoms with Crippen molar-refractivity contribution in [2.75, 3.05) is 13.7 Å². The first-order valence-corrected chi connectivity index (χ1v) is 9.29. The number of benzene rings is 2. The van der Waals surface area contributed by atoms with Crippen molar-refractivity contribution in [2.24, 2.45) is 0 Å². The Morgan fingerprint density at radius 2 is 2.00 bits per heavy atom. The zero-order valence-electron chi connectivity index (χ0n) is 14.3. The molecule has 0 N–H and O–H groups in total. The minimum atomic E-state index is -0.268. The quantitative estimate of drug-likeness (QED) is 0.692. The summed E-state index contributed by atoms with van der Waals surface area (Å²) < 4.78 is 12.0. The number of hydrogen-bond donors (Lipinski definition) is 0. The number of hydrogen-bond acceptors (Lipinski definition) is 3. The highest BCUT2D eigenvalue weighted by Crippen LogP contribution is 2.38. The standard InChI is InChI=1S/C20H22BrNO3/c1-24-19-11-10-16(21)13-17(19)18-9-5-6-12-22(18)20(23)25-14-15-7-3-2-4-8-15/h2-4,7-8,10-11,13,18H,5-6,9,12,14H2,1H3. The van der Waals surface area contributed by atoms with Gasteiger partial charge in [0.15, 0.2) is 0 Å². The van der Waals surface area contributed by atoms with Crippen molar-refractivity contribution in [1.29, 1.82) is 0 Å². The first-order chi connectivity index (χ1) is 12.2. The third-order valence-electron chi connectivity index (χ3n) is 4.49. The summed E-state index contributed by atoms with van der Waals surface area (Å²) in [7, 11) is 1.66. The lowest BCUT2D eigenvalue weighted by molar-refractivity contribution is 0.0673. The van der Waals surface area contributed by atoms with Crippen LogP contribution in [0.2, 0.25) is 0 Å². The van der Waals surface area contributed by atoms with Gasteiger partial charge in [0.25, 0.3) is 0 Å². The molecule has 1 saturated heterocycles. The van der Waals surface area contributed by atoms with Gasteiger partial charge >= 0.3 is 6.09 Å². The molecular formula is C20H22BrNO3. The van der Waals surface area contributed by atoms with Gasteiger partial charge in [-0.05, 0) is 43.0 Å². The van der Waals surface area contributed by atoms with Gasteiger partial charge in [0, 0.05) is 16.6 Å². The van der Waals surface area contributed by atoms with Gasteiger partial charge in [-0.25, -0.2) is 4.79 Å². The molecule has 0 aromatic heterocycles. The molecule has 4 nitrogen and oxygen atoms in total. The second kappa shape index (κ2) is 8.39. The second-order valence-corrected chi connectivity index (χ2v) is 7.05. The molecule has 132 valence electrons. The molecule has 0 aliphatic carbocycles. The van der Waals surface area contributed by atoms with E-state index in [1.54, 1.807) is 7.11 Å². The smallest absolute Gasteiger partial charge is 0.410 e. The van der Waals surface area contributed by atoms with E-state index in [1.807, 2.05) is 53.4 Å². The van der Waals surface area contributed by atoms with Crippen molar-refractivity contribution < 1.29 is 14.3 Å². The number of halogens is 1. The highest BCUT2D eigenvalue weighted by atomic mass is 79.9. The van der Waals surface area contributed by atoms with Crippen molar-refractivity contribution in [2.45, 2.75) is 31.9 Å². The van der Waals surface area contributed by atoms with Gasteiger partial charge in [0.2, 0.25) is 0 Å². The minimum Gasteiger partial charge on any atom is -0.496 e. The molecule has 25 heavy (non-hydrogen) atoms. The Morgan fingerprint density at radius 3 is 2.76 bits per heavy atom. The molecule has 1 heterocycles. The van der Waals surface area contributed by atoms with E-state index < -0.39 is 0 Å². The predicted octanol–water partition coefficient (Wildman–Crippen LogP) is 5.32. The Hall–Kier alpha value is -2.01. The van der Waals surface area contributed by atoms with Crippen molar-refractivity contribution in [3.63, 3.8) is 0 Å². The topological polar surface area (TPSA) is 38.8 Å². The van der Waals surface area contributed by atoms with Crippen molar-refractivity contribution in [3.05, 3.63) is 64.1 Å². The first-order valence-electron chi connectivity index (χ1n) is 8.50. The van der Waals surface area contributed by atoms with Crippen LogP contribution in [0.1, 0.15) is 36.4 Å². The van der Waals surface area contributed by atoms with E-state index in [1.165, 1.54) is 0 Å². The first kappa shape index (κ1) is 17.8. The van der Waals surface area contributed by atoms with Gasteiger partial charge in [-0.1, -0.05) is 46.3 Å². The van der Waals surface area contributed by atoms with Crippen LogP contribution in [-0.2, 0) is 11.3 Å². The number of piperidine rings is 1. The summed E-state index contributed by atoms with van der Waals surface area (Å²) in [6, 6.07) is 15.6. The second-order valence-electron chi connectivity index (χ2n) is 6.13. The molecule has 1 amide bonds. The van der Waals surface area contributed by atoms with Crippen LogP contribution in [-0.4, -0.2) is 24.6 Å². The molecule has 2 aromatic carbocycles. The molecule has 0 radical (unpaired) electrons. The number of rotatable bonds is 4. The lowest BCUT2D eigenvalue weighted by Crippen LogP contribution is -2.39. The van der Waals surface area contributed by atoms with E-state index in [2.05, 4.69) is 15.9 Å². The maximum Gasteiger partial charge on any atom is 0.410 e. The normalized spacial score (nSPS) is 17.2. The fraction of sp³-hybridized carbons (Fsp3) is 0.350. The fourth-order valence-electron chi connectivity index (χ4n) is 3.24. The average Bonchev–Trinajstić information content (AvgIpc) is 2.67. The Balaban J connectivity index is 1.76. The summed E-state index contributed by atoms with van der Waals surface area (Å²) in [6.45, 7) is 0.993. The third-order valence-corrected chi connectivity index (χ3v) is 4.99. The minimum absolute atomic E-state index is 0.0236. The van der Waals surface area contributed by atoms with Gasteiger partial charge in [-0.3, -0.25) is 0 Å². The summed E-state index contributed by atoms with van der Waals surface area (Å²) >= 11 is 3.52. The maximum atomic E-state index is 12.7. The molecule has 0 saturated carbocycles. The summed E-state index contributed by atoms with van der Waals surface area (Å²) in [4.78, 5) is 14.5. The van der Waals surface area contributed by atoms with Crippen LogP contribution < -0.4 is 4.74 Å². The van der Waals surface area contributed by atoms with Crippen LogP contribution in [0.25, 0.3) is 0 Å². The molecule has 1 aliphatic heterocycles. The number of likely N-dealkylation sites (tertiary alicyclic amines) is 1. The van der Waals surface area contributed by atoms with Crippen molar-refractivity contribution in [3.8, 4) is 5.75 Å². The summed E-state index contributed by atoms with van der Waals surface area (Å²) in [5.41, 5.74) is 2.01. The monoisotopic (exact) mass is 403 g/mol. The predicted molar refractivity (Wildman–Crippen MR) is 101 cm³/mol. The van der Waals surface area contributed by atoms with Gasteiger partial charge in [0.1, 0.15) is 12.4 Å². The molecule has 1 unspecified atom stereocenters. The molecule has 1 fully saturated rings. The zero-order chi connectivity index (χ0) is 17.6. The number of carbonyl (C=O) groups excluding carboxylic acids is 1. The van der Waals surface area contributed by atoms with Crippen molar-refractivity contribution in [1.82, 2.24) is 4.90 Å². The van der Waals surface area contributed by atoms with E-state index in [-0.39, 0.29) is 12.1 Å². The number of amides is 1. The molecule has 1 atom stereocenters. The zero-order valence-corrected chi connectivity index (χ0v) is 15.9. The van der Waals surface area contributed by atoms with Crippen LogP contribution in [0.15, 0.2) is 53.0 Å². The van der Waals surface area contributed by atoms with Gasteiger partial charge in [-0.15, -0.1) is 0 Å². The summed E-state index contributed by atoms with van der Waals surface area (Å²) in [6.07, 6.45) is 2.72. The van der Waals surface area contributed by atoms with E-state index in [9.17, 15) is 4.79 Å². The Morgan fingerprint density at radius 1 is 1.20 bits per heavy atom. The largest absolute Gasteiger partial charge is 0.496 e. The van der Waals surface area contributed by atoms with Crippen LogP contribution in [0.4, 0.5) is 4.79 Å². The van der Waals surface area contributed by atoms with Crippen LogP contribution in [0, 0.1) is 0 Å². The molecule has 2 aromatic rings. The molecule has 3 rings (SSSR count). The van der Waals surface area contributed by atoms with Gasteiger partial charge in [-0.2, -0.15) is 0 Å². The molecule has 0 spiro atoms.